The Morgan fingerprint density at radius 3 is 2.73 bits per heavy atom. The highest BCUT2D eigenvalue weighted by Crippen LogP contribution is 2.09. The average Bonchev–Trinajstić information content (AvgIpc) is 2.29. The lowest BCUT2D eigenvalue weighted by Gasteiger charge is -2.22. The second-order valence-corrected chi connectivity index (χ2v) is 5.44. The molecule has 1 heterocycles. The van der Waals surface area contributed by atoms with Crippen LogP contribution >= 0.6 is 11.8 Å². The summed E-state index contributed by atoms with van der Waals surface area (Å²) in [4.78, 5) is 0. The van der Waals surface area contributed by atoms with Gasteiger partial charge in [-0.15, -0.1) is 0 Å². The Morgan fingerprint density at radius 2 is 2.00 bits per heavy atom. The van der Waals surface area contributed by atoms with Crippen LogP contribution in [0.5, 0.6) is 0 Å². The van der Waals surface area contributed by atoms with E-state index in [1.807, 2.05) is 11.8 Å². The molecule has 90 valence electrons. The summed E-state index contributed by atoms with van der Waals surface area (Å²) in [7, 11) is 0. The molecule has 0 aromatic rings. The van der Waals surface area contributed by atoms with Gasteiger partial charge in [0.15, 0.2) is 0 Å². The molecule has 15 heavy (non-hydrogen) atoms. The minimum atomic E-state index is 0.928. The van der Waals surface area contributed by atoms with Gasteiger partial charge in [-0.05, 0) is 69.8 Å². The molecule has 2 nitrogen and oxygen atoms in total. The van der Waals surface area contributed by atoms with Gasteiger partial charge in [0, 0.05) is 0 Å². The molecular formula is C12H26N2S. The van der Waals surface area contributed by atoms with Crippen LogP contribution in [0.4, 0.5) is 0 Å². The van der Waals surface area contributed by atoms with Crippen molar-refractivity contribution in [2.45, 2.75) is 32.1 Å². The van der Waals surface area contributed by atoms with Crippen molar-refractivity contribution >= 4 is 11.8 Å². The number of unbranched alkanes of at least 4 members (excludes halogenated alkanes) is 2. The van der Waals surface area contributed by atoms with Gasteiger partial charge in [0.1, 0.15) is 0 Å². The normalized spacial score (nSPS) is 18.2. The molecule has 1 fully saturated rings. The van der Waals surface area contributed by atoms with E-state index in [1.54, 1.807) is 0 Å². The highest BCUT2D eigenvalue weighted by Gasteiger charge is 2.11. The third-order valence-electron chi connectivity index (χ3n) is 3.09. The summed E-state index contributed by atoms with van der Waals surface area (Å²) in [6.07, 6.45) is 9.04. The second-order valence-electron chi connectivity index (χ2n) is 4.45. The predicted molar refractivity (Wildman–Crippen MR) is 70.7 cm³/mol. The lowest BCUT2D eigenvalue weighted by molar-refractivity contribution is 0.356. The van der Waals surface area contributed by atoms with Crippen LogP contribution < -0.4 is 10.6 Å². The molecule has 1 aliphatic rings. The van der Waals surface area contributed by atoms with E-state index >= 15 is 0 Å². The maximum Gasteiger partial charge on any atom is -0.00196 e. The van der Waals surface area contributed by atoms with Gasteiger partial charge in [0.05, 0.1) is 0 Å². The number of piperidine rings is 1. The van der Waals surface area contributed by atoms with Crippen molar-refractivity contribution < 1.29 is 0 Å². The van der Waals surface area contributed by atoms with Crippen LogP contribution in [0, 0.1) is 5.92 Å². The van der Waals surface area contributed by atoms with E-state index in [4.69, 9.17) is 0 Å². The van der Waals surface area contributed by atoms with Gasteiger partial charge >= 0.3 is 0 Å². The van der Waals surface area contributed by atoms with Crippen LogP contribution in [-0.2, 0) is 0 Å². The van der Waals surface area contributed by atoms with Crippen molar-refractivity contribution in [1.29, 1.82) is 0 Å². The van der Waals surface area contributed by atoms with Crippen LogP contribution in [0.15, 0.2) is 0 Å². The predicted octanol–water partition coefficient (Wildman–Crippen LogP) is 2.11. The van der Waals surface area contributed by atoms with E-state index in [0.29, 0.717) is 0 Å². The lowest BCUT2D eigenvalue weighted by atomic mass is 9.98. The molecule has 3 heteroatoms. The zero-order valence-corrected chi connectivity index (χ0v) is 10.9. The van der Waals surface area contributed by atoms with Gasteiger partial charge in [0.2, 0.25) is 0 Å². The van der Waals surface area contributed by atoms with Crippen molar-refractivity contribution in [2.24, 2.45) is 5.92 Å². The number of thioether (sulfide) groups is 1. The van der Waals surface area contributed by atoms with Crippen molar-refractivity contribution in [3.05, 3.63) is 0 Å². The highest BCUT2D eigenvalue weighted by atomic mass is 32.2. The first-order valence-corrected chi connectivity index (χ1v) is 7.73. The zero-order valence-electron chi connectivity index (χ0n) is 10.1. The molecule has 0 aliphatic carbocycles. The van der Waals surface area contributed by atoms with E-state index in [-0.39, 0.29) is 0 Å². The van der Waals surface area contributed by atoms with Crippen LogP contribution in [0.25, 0.3) is 0 Å². The average molecular weight is 230 g/mol. The Hall–Kier alpha value is 0.270. The molecule has 0 unspecified atom stereocenters. The maximum atomic E-state index is 3.60. The van der Waals surface area contributed by atoms with Gasteiger partial charge in [-0.2, -0.15) is 11.8 Å². The molecule has 0 saturated carbocycles. The van der Waals surface area contributed by atoms with Gasteiger partial charge in [-0.25, -0.2) is 0 Å². The minimum absolute atomic E-state index is 0.928. The van der Waals surface area contributed by atoms with Crippen molar-refractivity contribution in [1.82, 2.24) is 10.6 Å². The summed E-state index contributed by atoms with van der Waals surface area (Å²) in [5.41, 5.74) is 0. The summed E-state index contributed by atoms with van der Waals surface area (Å²) in [6.45, 7) is 4.91. The van der Waals surface area contributed by atoms with E-state index < -0.39 is 0 Å². The summed E-state index contributed by atoms with van der Waals surface area (Å²) >= 11 is 1.96. The third-order valence-corrected chi connectivity index (χ3v) is 3.79. The molecule has 0 aromatic carbocycles. The van der Waals surface area contributed by atoms with Gasteiger partial charge in [-0.1, -0.05) is 6.42 Å². The number of rotatable bonds is 8. The lowest BCUT2D eigenvalue weighted by Crippen LogP contribution is -2.33. The Kier molecular flexibility index (Phi) is 8.44. The molecule has 0 atom stereocenters. The molecule has 0 bridgehead atoms. The van der Waals surface area contributed by atoms with Crippen LogP contribution in [-0.4, -0.2) is 38.2 Å². The van der Waals surface area contributed by atoms with Crippen LogP contribution in [0.1, 0.15) is 32.1 Å². The highest BCUT2D eigenvalue weighted by molar-refractivity contribution is 7.98. The molecule has 1 rings (SSSR count). The Balaban J connectivity index is 1.79. The number of nitrogens with one attached hydrogen (secondary N) is 2. The number of hydrogen-bond donors (Lipinski definition) is 2. The van der Waals surface area contributed by atoms with Crippen LogP contribution in [0.2, 0.25) is 0 Å². The number of hydrogen-bond acceptors (Lipinski definition) is 3. The largest absolute Gasteiger partial charge is 0.317 e. The van der Waals surface area contributed by atoms with Gasteiger partial charge in [0.25, 0.3) is 0 Å². The summed E-state index contributed by atoms with van der Waals surface area (Å²) in [5, 5.41) is 7.01. The maximum absolute atomic E-state index is 3.60. The smallest absolute Gasteiger partial charge is 0.00196 e. The van der Waals surface area contributed by atoms with Crippen molar-refractivity contribution in [3.8, 4) is 0 Å². The fourth-order valence-corrected chi connectivity index (χ4v) is 2.56. The standard InChI is InChI=1S/C12H26N2S/c1-15-10-4-2-3-7-14-11-12-5-8-13-9-6-12/h12-14H,2-11H2,1H3. The first-order valence-electron chi connectivity index (χ1n) is 6.34. The molecule has 0 aromatic heterocycles. The molecule has 0 radical (unpaired) electrons. The Morgan fingerprint density at radius 1 is 1.20 bits per heavy atom. The van der Waals surface area contributed by atoms with Gasteiger partial charge < -0.3 is 10.6 Å². The summed E-state index contributed by atoms with van der Waals surface area (Å²) < 4.78 is 0. The van der Waals surface area contributed by atoms with Crippen molar-refractivity contribution in [3.63, 3.8) is 0 Å². The van der Waals surface area contributed by atoms with E-state index in [9.17, 15) is 0 Å². The van der Waals surface area contributed by atoms with E-state index in [2.05, 4.69) is 16.9 Å². The fraction of sp³-hybridized carbons (Fsp3) is 1.00. The summed E-state index contributed by atoms with van der Waals surface area (Å²) in [6, 6.07) is 0. The van der Waals surface area contributed by atoms with Crippen molar-refractivity contribution in [2.75, 3.05) is 38.2 Å². The topological polar surface area (TPSA) is 24.1 Å². The van der Waals surface area contributed by atoms with E-state index in [1.165, 1.54) is 64.0 Å². The molecular weight excluding hydrogens is 204 g/mol. The van der Waals surface area contributed by atoms with E-state index in [0.717, 1.165) is 5.92 Å². The second kappa shape index (κ2) is 9.49. The summed E-state index contributed by atoms with van der Waals surface area (Å²) in [5.74, 6) is 2.26. The SMILES string of the molecule is CSCCCCCNCC1CCNCC1. The molecule has 1 saturated heterocycles. The first kappa shape index (κ1) is 13.3. The third kappa shape index (κ3) is 7.20. The monoisotopic (exact) mass is 230 g/mol. The Bertz CT molecular complexity index is 136. The first-order chi connectivity index (χ1) is 7.43. The zero-order chi connectivity index (χ0) is 10.8. The van der Waals surface area contributed by atoms with Gasteiger partial charge in [-0.3, -0.25) is 0 Å². The molecule has 2 N–H and O–H groups in total. The molecule has 1 aliphatic heterocycles. The fourth-order valence-electron chi connectivity index (χ4n) is 2.07. The molecule has 0 spiro atoms. The van der Waals surface area contributed by atoms with Crippen LogP contribution in [0.3, 0.4) is 0 Å². The molecule has 0 amide bonds. The minimum Gasteiger partial charge on any atom is -0.317 e. The quantitative estimate of drug-likeness (QED) is 0.625. The Labute approximate surface area is 99.0 Å².